The summed E-state index contributed by atoms with van der Waals surface area (Å²) in [5, 5.41) is 0. The Morgan fingerprint density at radius 1 is 1.09 bits per heavy atom. The average molecular weight is 150 g/mol. The molecule has 5 unspecified atom stereocenters. The van der Waals surface area contributed by atoms with E-state index in [9.17, 15) is 0 Å². The molecule has 5 atom stereocenters. The zero-order valence-electron chi connectivity index (χ0n) is 7.42. The molecule has 0 saturated heterocycles. The van der Waals surface area contributed by atoms with Gasteiger partial charge < -0.3 is 0 Å². The van der Waals surface area contributed by atoms with Crippen molar-refractivity contribution in [1.29, 1.82) is 0 Å². The van der Waals surface area contributed by atoms with Gasteiger partial charge in [0.05, 0.1) is 0 Å². The highest BCUT2D eigenvalue weighted by molar-refractivity contribution is 5.11. The van der Waals surface area contributed by atoms with Gasteiger partial charge in [-0.3, -0.25) is 0 Å². The lowest BCUT2D eigenvalue weighted by molar-refractivity contribution is -0.207. The summed E-state index contributed by atoms with van der Waals surface area (Å²) in [4.78, 5) is 0. The Morgan fingerprint density at radius 2 is 1.91 bits per heavy atom. The predicted molar refractivity (Wildman–Crippen MR) is 46.2 cm³/mol. The molecule has 0 heteroatoms. The fourth-order valence-corrected chi connectivity index (χ4v) is 4.04. The van der Waals surface area contributed by atoms with Crippen molar-refractivity contribution in [3.05, 3.63) is 0 Å². The lowest BCUT2D eigenvalue weighted by atomic mass is 9.36. The quantitative estimate of drug-likeness (QED) is 0.567. The molecule has 0 N–H and O–H groups in total. The van der Waals surface area contributed by atoms with Crippen molar-refractivity contribution in [2.45, 2.75) is 39.0 Å². The molecule has 0 heterocycles. The van der Waals surface area contributed by atoms with E-state index in [1.807, 2.05) is 0 Å². The van der Waals surface area contributed by atoms with Crippen LogP contribution in [0.15, 0.2) is 0 Å². The Kier molecular flexibility index (Phi) is 1.20. The van der Waals surface area contributed by atoms with Crippen LogP contribution in [0.5, 0.6) is 0 Å². The molecule has 3 aliphatic rings. The summed E-state index contributed by atoms with van der Waals surface area (Å²) in [6.45, 7) is 2.34. The lowest BCUT2D eigenvalue weighted by Crippen LogP contribution is -2.62. The van der Waals surface area contributed by atoms with Gasteiger partial charge in [-0.1, -0.05) is 19.8 Å². The third kappa shape index (κ3) is 0.625. The molecule has 0 bridgehead atoms. The second-order valence-corrected chi connectivity index (χ2v) is 4.93. The molecule has 3 rings (SSSR count). The first-order valence-electron chi connectivity index (χ1n) is 5.42. The molecule has 0 radical (unpaired) electrons. The summed E-state index contributed by atoms with van der Waals surface area (Å²) in [5.41, 5.74) is 0. The van der Waals surface area contributed by atoms with Crippen LogP contribution in [0.1, 0.15) is 39.0 Å². The summed E-state index contributed by atoms with van der Waals surface area (Å²) in [6, 6.07) is 0. The fourth-order valence-electron chi connectivity index (χ4n) is 4.04. The van der Waals surface area contributed by atoms with Gasteiger partial charge in [-0.15, -0.1) is 0 Å². The van der Waals surface area contributed by atoms with Crippen LogP contribution in [-0.2, 0) is 0 Å². The summed E-state index contributed by atoms with van der Waals surface area (Å²) in [7, 11) is 0. The van der Waals surface area contributed by atoms with Crippen molar-refractivity contribution >= 4 is 0 Å². The Balaban J connectivity index is 1.62. The first-order valence-corrected chi connectivity index (χ1v) is 5.42. The van der Waals surface area contributed by atoms with Crippen LogP contribution < -0.4 is 0 Å². The molecule has 0 aromatic carbocycles. The maximum absolute atomic E-state index is 2.34. The molecule has 11 heavy (non-hydrogen) atoms. The third-order valence-electron chi connectivity index (χ3n) is 4.70. The maximum atomic E-state index is 2.34. The molecule has 0 amide bonds. The summed E-state index contributed by atoms with van der Waals surface area (Å²) < 4.78 is 0. The van der Waals surface area contributed by atoms with Crippen molar-refractivity contribution < 1.29 is 0 Å². The van der Waals surface area contributed by atoms with Crippen LogP contribution in [0.25, 0.3) is 0 Å². The normalized spacial score (nSPS) is 58.1. The van der Waals surface area contributed by atoms with E-state index in [2.05, 4.69) is 6.92 Å². The number of fused-ring (bicyclic) bond motifs is 4. The highest BCUT2D eigenvalue weighted by Gasteiger charge is 2.62. The van der Waals surface area contributed by atoms with Gasteiger partial charge in [-0.05, 0) is 48.9 Å². The number of hydrogen-bond acceptors (Lipinski definition) is 0. The monoisotopic (exact) mass is 150 g/mol. The molecule has 0 spiro atoms. The highest BCUT2D eigenvalue weighted by Crippen LogP contribution is 2.70. The van der Waals surface area contributed by atoms with E-state index in [0.717, 1.165) is 0 Å². The van der Waals surface area contributed by atoms with Crippen molar-refractivity contribution in [2.75, 3.05) is 0 Å². The standard InChI is InChI=1S/C11H18/c1-2-3-7-6-10-8-4-5-9(8)11(7)10/h7-11H,2-6H2,1H3. The van der Waals surface area contributed by atoms with Gasteiger partial charge in [0.25, 0.3) is 0 Å². The molecule has 0 aromatic rings. The zero-order valence-corrected chi connectivity index (χ0v) is 7.42. The second-order valence-electron chi connectivity index (χ2n) is 4.93. The Morgan fingerprint density at radius 3 is 2.45 bits per heavy atom. The number of hydrogen-bond donors (Lipinski definition) is 0. The smallest absolute Gasteiger partial charge is 0.0323 e. The largest absolute Gasteiger partial charge is 0.0654 e. The van der Waals surface area contributed by atoms with E-state index in [4.69, 9.17) is 0 Å². The number of rotatable bonds is 2. The minimum atomic E-state index is 1.17. The maximum Gasteiger partial charge on any atom is -0.0323 e. The van der Waals surface area contributed by atoms with Crippen molar-refractivity contribution in [1.82, 2.24) is 0 Å². The van der Waals surface area contributed by atoms with Crippen LogP contribution in [0, 0.1) is 29.6 Å². The minimum Gasteiger partial charge on any atom is -0.0654 e. The van der Waals surface area contributed by atoms with E-state index in [1.54, 1.807) is 19.3 Å². The van der Waals surface area contributed by atoms with Gasteiger partial charge in [0, 0.05) is 0 Å². The summed E-state index contributed by atoms with van der Waals surface area (Å²) in [6.07, 6.45) is 7.74. The van der Waals surface area contributed by atoms with Crippen LogP contribution in [0.4, 0.5) is 0 Å². The molecule has 0 aromatic heterocycles. The fraction of sp³-hybridized carbons (Fsp3) is 1.00. The Labute approximate surface area is 69.4 Å². The van der Waals surface area contributed by atoms with E-state index in [1.165, 1.54) is 42.4 Å². The Bertz CT molecular complexity index is 167. The molecule has 3 saturated carbocycles. The van der Waals surface area contributed by atoms with Gasteiger partial charge in [-0.2, -0.15) is 0 Å². The van der Waals surface area contributed by atoms with Gasteiger partial charge in [-0.25, -0.2) is 0 Å². The predicted octanol–water partition coefficient (Wildman–Crippen LogP) is 3.08. The van der Waals surface area contributed by atoms with Crippen LogP contribution in [0.2, 0.25) is 0 Å². The molecule has 3 fully saturated rings. The van der Waals surface area contributed by atoms with Gasteiger partial charge in [0.15, 0.2) is 0 Å². The molecular formula is C11H18. The molecule has 0 aliphatic heterocycles. The van der Waals surface area contributed by atoms with Gasteiger partial charge >= 0.3 is 0 Å². The molecule has 0 nitrogen and oxygen atoms in total. The van der Waals surface area contributed by atoms with E-state index in [0.29, 0.717) is 0 Å². The van der Waals surface area contributed by atoms with Gasteiger partial charge in [0.1, 0.15) is 0 Å². The van der Waals surface area contributed by atoms with Crippen LogP contribution in [0.3, 0.4) is 0 Å². The zero-order chi connectivity index (χ0) is 7.42. The lowest BCUT2D eigenvalue weighted by Gasteiger charge is -2.69. The van der Waals surface area contributed by atoms with E-state index < -0.39 is 0 Å². The first-order chi connectivity index (χ1) is 5.42. The topological polar surface area (TPSA) is 0 Å². The first kappa shape index (κ1) is 6.51. The molecule has 62 valence electrons. The van der Waals surface area contributed by atoms with Crippen molar-refractivity contribution in [3.63, 3.8) is 0 Å². The van der Waals surface area contributed by atoms with Crippen molar-refractivity contribution in [2.24, 2.45) is 29.6 Å². The van der Waals surface area contributed by atoms with Gasteiger partial charge in [0.2, 0.25) is 0 Å². The average Bonchev–Trinajstić information content (AvgIpc) is 1.96. The third-order valence-corrected chi connectivity index (χ3v) is 4.70. The van der Waals surface area contributed by atoms with Crippen molar-refractivity contribution in [3.8, 4) is 0 Å². The highest BCUT2D eigenvalue weighted by atomic mass is 14.7. The van der Waals surface area contributed by atoms with Crippen LogP contribution in [-0.4, -0.2) is 0 Å². The summed E-state index contributed by atoms with van der Waals surface area (Å²) >= 11 is 0. The minimum absolute atomic E-state index is 1.17. The van der Waals surface area contributed by atoms with E-state index >= 15 is 0 Å². The Hall–Kier alpha value is 0. The van der Waals surface area contributed by atoms with E-state index in [-0.39, 0.29) is 0 Å². The SMILES string of the molecule is CCCC1CC2C3CCC3C12. The van der Waals surface area contributed by atoms with Crippen LogP contribution >= 0.6 is 0 Å². The molecular weight excluding hydrogens is 132 g/mol. The molecule has 3 aliphatic carbocycles. The second kappa shape index (κ2) is 2.02. The summed E-state index contributed by atoms with van der Waals surface area (Å²) in [5.74, 6) is 6.09.